The number of ether oxygens (including phenoxy) is 1. The van der Waals surface area contributed by atoms with Gasteiger partial charge in [-0.25, -0.2) is 4.68 Å². The van der Waals surface area contributed by atoms with E-state index in [1.165, 1.54) is 0 Å². The monoisotopic (exact) mass is 407 g/mol. The van der Waals surface area contributed by atoms with Gasteiger partial charge < -0.3 is 15.4 Å². The van der Waals surface area contributed by atoms with Crippen LogP contribution >= 0.6 is 12.4 Å². The average Bonchev–Trinajstić information content (AvgIpc) is 3.07. The fourth-order valence-electron chi connectivity index (χ4n) is 3.39. The summed E-state index contributed by atoms with van der Waals surface area (Å²) in [5.74, 6) is 0.628. The van der Waals surface area contributed by atoms with Crippen LogP contribution in [0.15, 0.2) is 24.3 Å². The Labute approximate surface area is 172 Å². The third kappa shape index (κ3) is 5.45. The number of aryl methyl sites for hydroxylation is 1. The zero-order chi connectivity index (χ0) is 19.2. The van der Waals surface area contributed by atoms with Crippen molar-refractivity contribution < 1.29 is 9.53 Å². The third-order valence-corrected chi connectivity index (χ3v) is 5.03. The summed E-state index contributed by atoms with van der Waals surface area (Å²) in [6, 6.07) is 8.25. The Morgan fingerprint density at radius 1 is 1.36 bits per heavy atom. The predicted molar refractivity (Wildman–Crippen MR) is 111 cm³/mol. The van der Waals surface area contributed by atoms with Gasteiger partial charge in [0.25, 0.3) is 5.91 Å². The minimum atomic E-state index is -0.195. The number of piperidine rings is 1. The maximum atomic E-state index is 12.6. The van der Waals surface area contributed by atoms with Gasteiger partial charge in [0.2, 0.25) is 0 Å². The molecule has 1 aliphatic heterocycles. The summed E-state index contributed by atoms with van der Waals surface area (Å²) >= 11 is 0. The second-order valence-electron chi connectivity index (χ2n) is 7.12. The van der Waals surface area contributed by atoms with E-state index in [2.05, 4.69) is 20.9 Å². The lowest BCUT2D eigenvalue weighted by molar-refractivity contribution is 0.0920. The summed E-state index contributed by atoms with van der Waals surface area (Å²) in [7, 11) is 0. The van der Waals surface area contributed by atoms with Gasteiger partial charge in [0.05, 0.1) is 18.3 Å². The number of halogens is 1. The zero-order valence-electron chi connectivity index (χ0n) is 16.8. The number of nitrogens with zero attached hydrogens (tertiary/aromatic N) is 3. The molecule has 2 aromatic rings. The van der Waals surface area contributed by atoms with Gasteiger partial charge in [0, 0.05) is 0 Å². The normalized spacial score (nSPS) is 15.5. The van der Waals surface area contributed by atoms with Gasteiger partial charge >= 0.3 is 0 Å². The Hall–Kier alpha value is -2.12. The average molecular weight is 408 g/mol. The highest BCUT2D eigenvalue weighted by molar-refractivity contribution is 5.93. The number of rotatable bonds is 7. The van der Waals surface area contributed by atoms with Crippen molar-refractivity contribution in [2.45, 2.75) is 52.2 Å². The second kappa shape index (κ2) is 10.4. The number of benzene rings is 1. The van der Waals surface area contributed by atoms with Crippen molar-refractivity contribution in [3.05, 3.63) is 41.2 Å². The lowest BCUT2D eigenvalue weighted by Crippen LogP contribution is -2.35. The number of carbonyl (C=O) groups excluding carboxylic acids is 1. The molecule has 0 radical (unpaired) electrons. The molecule has 154 valence electrons. The fourth-order valence-corrected chi connectivity index (χ4v) is 3.39. The summed E-state index contributed by atoms with van der Waals surface area (Å²) < 4.78 is 7.90. The molecule has 2 N–H and O–H groups in total. The van der Waals surface area contributed by atoms with Crippen molar-refractivity contribution in [2.24, 2.45) is 0 Å². The molecule has 2 heterocycles. The van der Waals surface area contributed by atoms with E-state index in [4.69, 9.17) is 4.74 Å². The smallest absolute Gasteiger partial charge is 0.273 e. The van der Waals surface area contributed by atoms with Crippen LogP contribution in [0.3, 0.4) is 0 Å². The first kappa shape index (κ1) is 22.2. The number of hydrogen-bond acceptors (Lipinski definition) is 5. The highest BCUT2D eigenvalue weighted by Gasteiger charge is 2.23. The molecule has 1 atom stereocenters. The van der Waals surface area contributed by atoms with Crippen LogP contribution in [0.5, 0.6) is 5.75 Å². The van der Waals surface area contributed by atoms with Crippen LogP contribution < -0.4 is 15.4 Å². The van der Waals surface area contributed by atoms with E-state index < -0.39 is 0 Å². The second-order valence-corrected chi connectivity index (χ2v) is 7.12. The first-order valence-corrected chi connectivity index (χ1v) is 9.72. The molecule has 1 saturated heterocycles. The molecule has 0 saturated carbocycles. The van der Waals surface area contributed by atoms with Gasteiger partial charge in [-0.05, 0) is 63.9 Å². The topological polar surface area (TPSA) is 81.1 Å². The van der Waals surface area contributed by atoms with Crippen molar-refractivity contribution >= 4 is 18.3 Å². The first-order chi connectivity index (χ1) is 13.1. The quantitative estimate of drug-likeness (QED) is 0.737. The van der Waals surface area contributed by atoms with Crippen LogP contribution in [0.1, 0.15) is 54.0 Å². The van der Waals surface area contributed by atoms with Crippen LogP contribution in [0.25, 0.3) is 0 Å². The molecule has 8 heteroatoms. The lowest BCUT2D eigenvalue weighted by Gasteiger charge is -2.23. The minimum Gasteiger partial charge on any atom is -0.489 e. The number of nitrogens with one attached hydrogen (secondary N) is 2. The highest BCUT2D eigenvalue weighted by atomic mass is 35.5. The summed E-state index contributed by atoms with van der Waals surface area (Å²) in [5.41, 5.74) is 2.38. The third-order valence-electron chi connectivity index (χ3n) is 5.03. The van der Waals surface area contributed by atoms with Gasteiger partial charge in [-0.1, -0.05) is 24.3 Å². The van der Waals surface area contributed by atoms with Crippen LogP contribution in [0.2, 0.25) is 0 Å². The van der Waals surface area contributed by atoms with Gasteiger partial charge in [-0.2, -0.15) is 0 Å². The first-order valence-electron chi connectivity index (χ1n) is 9.72. The highest BCUT2D eigenvalue weighted by Crippen LogP contribution is 2.20. The number of amides is 1. The molecule has 1 aromatic heterocycles. The minimum absolute atomic E-state index is 0. The zero-order valence-corrected chi connectivity index (χ0v) is 17.6. The Morgan fingerprint density at radius 3 is 2.79 bits per heavy atom. The van der Waals surface area contributed by atoms with Gasteiger partial charge in [-0.3, -0.25) is 4.79 Å². The molecule has 1 fully saturated rings. The maximum Gasteiger partial charge on any atom is 0.273 e. The van der Waals surface area contributed by atoms with Crippen molar-refractivity contribution in [2.75, 3.05) is 19.6 Å². The number of aromatic nitrogens is 3. The molecule has 3 rings (SSSR count). The summed E-state index contributed by atoms with van der Waals surface area (Å²) in [6.07, 6.45) is 2.73. The van der Waals surface area contributed by atoms with Crippen LogP contribution in [0, 0.1) is 13.8 Å². The Kier molecular flexibility index (Phi) is 8.26. The summed E-state index contributed by atoms with van der Waals surface area (Å²) in [5, 5.41) is 14.7. The van der Waals surface area contributed by atoms with E-state index in [1.54, 1.807) is 0 Å². The number of carbonyl (C=O) groups is 1. The Morgan fingerprint density at radius 2 is 2.11 bits per heavy atom. The molecule has 7 nitrogen and oxygen atoms in total. The number of hydrogen-bond donors (Lipinski definition) is 2. The molecule has 1 unspecified atom stereocenters. The van der Waals surface area contributed by atoms with Gasteiger partial charge in [0.15, 0.2) is 5.69 Å². The molecule has 0 spiro atoms. The maximum absolute atomic E-state index is 12.6. The van der Waals surface area contributed by atoms with Crippen molar-refractivity contribution in [3.63, 3.8) is 0 Å². The van der Waals surface area contributed by atoms with Gasteiger partial charge in [-0.15, -0.1) is 17.5 Å². The van der Waals surface area contributed by atoms with E-state index >= 15 is 0 Å². The van der Waals surface area contributed by atoms with Crippen molar-refractivity contribution in [1.82, 2.24) is 25.6 Å². The summed E-state index contributed by atoms with van der Waals surface area (Å²) in [6.45, 7) is 8.37. The standard InChI is InChI=1S/C20H29N5O2.ClH/c1-4-17(27-18-7-5-6-14(2)12-18)13-22-20(26)19-15(3)25(24-23-19)16-8-10-21-11-9-16;/h5-7,12,16-17,21H,4,8-11,13H2,1-3H3,(H,22,26);1H. The molecular weight excluding hydrogens is 378 g/mol. The largest absolute Gasteiger partial charge is 0.489 e. The van der Waals surface area contributed by atoms with E-state index in [9.17, 15) is 4.79 Å². The molecular formula is C20H30ClN5O2. The fraction of sp³-hybridized carbons (Fsp3) is 0.550. The Balaban J connectivity index is 0.00000280. The molecule has 0 aliphatic carbocycles. The van der Waals surface area contributed by atoms with E-state index in [0.717, 1.165) is 49.4 Å². The molecule has 0 bridgehead atoms. The Bertz CT molecular complexity index is 774. The molecule has 1 amide bonds. The van der Waals surface area contributed by atoms with E-state index in [0.29, 0.717) is 18.3 Å². The lowest BCUT2D eigenvalue weighted by atomic mass is 10.1. The molecule has 28 heavy (non-hydrogen) atoms. The van der Waals surface area contributed by atoms with Gasteiger partial charge in [0.1, 0.15) is 11.9 Å². The van der Waals surface area contributed by atoms with E-state index in [-0.39, 0.29) is 24.4 Å². The molecule has 1 aromatic carbocycles. The summed E-state index contributed by atoms with van der Waals surface area (Å²) in [4.78, 5) is 12.6. The van der Waals surface area contributed by atoms with E-state index in [1.807, 2.05) is 49.7 Å². The van der Waals surface area contributed by atoms with Crippen molar-refractivity contribution in [3.8, 4) is 5.75 Å². The predicted octanol–water partition coefficient (Wildman–Crippen LogP) is 2.83. The van der Waals surface area contributed by atoms with Crippen molar-refractivity contribution in [1.29, 1.82) is 0 Å². The van der Waals surface area contributed by atoms with Crippen LogP contribution in [-0.4, -0.2) is 46.6 Å². The SMILES string of the molecule is CCC(CNC(=O)c1nnn(C2CCNCC2)c1C)Oc1cccc(C)c1.Cl. The van der Waals surface area contributed by atoms with Crippen LogP contribution in [0.4, 0.5) is 0 Å². The molecule has 1 aliphatic rings. The van der Waals surface area contributed by atoms with Crippen LogP contribution in [-0.2, 0) is 0 Å².